The number of pyridine rings is 1. The second-order valence-corrected chi connectivity index (χ2v) is 7.42. The molecule has 0 aliphatic heterocycles. The number of aromatic nitrogens is 5. The molecule has 1 aromatic carbocycles. The average molecular weight is 414 g/mol. The lowest BCUT2D eigenvalue weighted by molar-refractivity contribution is 0.415. The molecule has 4 aromatic rings. The minimum atomic E-state index is -0.167. The van der Waals surface area contributed by atoms with Crippen LogP contribution in [0.1, 0.15) is 5.69 Å². The van der Waals surface area contributed by atoms with Gasteiger partial charge in [0, 0.05) is 30.6 Å². The maximum atomic E-state index is 12.3. The lowest BCUT2D eigenvalue weighted by atomic mass is 10.2. The standard InChI is InChI=1S/C19H16ClN5O2S/c1-24-18(12-3-6-15(27-2)7-4-12)22-23-19(24)28-11-14-9-17(26)25-10-13(20)5-8-16(25)21-14/h3-10H,11H2,1-2H3. The molecule has 0 saturated carbocycles. The molecule has 142 valence electrons. The number of hydrogen-bond donors (Lipinski definition) is 0. The van der Waals surface area contributed by atoms with E-state index in [1.165, 1.54) is 22.2 Å². The molecule has 0 aliphatic carbocycles. The third-order valence-electron chi connectivity index (χ3n) is 4.21. The lowest BCUT2D eigenvalue weighted by Crippen LogP contribution is -2.15. The number of hydrogen-bond acceptors (Lipinski definition) is 6. The van der Waals surface area contributed by atoms with Gasteiger partial charge in [0.25, 0.3) is 5.56 Å². The Hall–Kier alpha value is -2.84. The number of fused-ring (bicyclic) bond motifs is 1. The molecule has 0 aliphatic rings. The predicted octanol–water partition coefficient (Wildman–Crippen LogP) is 3.44. The number of rotatable bonds is 5. The summed E-state index contributed by atoms with van der Waals surface area (Å²) in [5, 5.41) is 9.77. The zero-order valence-corrected chi connectivity index (χ0v) is 16.7. The van der Waals surface area contributed by atoms with Crippen LogP contribution in [0, 0.1) is 0 Å². The molecule has 4 rings (SSSR count). The normalized spacial score (nSPS) is 11.1. The Bertz CT molecular complexity index is 1200. The van der Waals surface area contributed by atoms with Crippen molar-refractivity contribution in [1.29, 1.82) is 0 Å². The Morgan fingerprint density at radius 3 is 2.68 bits per heavy atom. The fourth-order valence-electron chi connectivity index (χ4n) is 2.77. The van der Waals surface area contributed by atoms with Crippen molar-refractivity contribution in [2.24, 2.45) is 7.05 Å². The van der Waals surface area contributed by atoms with E-state index in [0.29, 0.717) is 22.1 Å². The van der Waals surface area contributed by atoms with Gasteiger partial charge in [-0.25, -0.2) is 4.98 Å². The highest BCUT2D eigenvalue weighted by atomic mass is 35.5. The monoisotopic (exact) mass is 413 g/mol. The fraction of sp³-hybridized carbons (Fsp3) is 0.158. The van der Waals surface area contributed by atoms with E-state index >= 15 is 0 Å². The van der Waals surface area contributed by atoms with E-state index in [1.807, 2.05) is 35.9 Å². The van der Waals surface area contributed by atoms with Crippen molar-refractivity contribution in [1.82, 2.24) is 24.1 Å². The second-order valence-electron chi connectivity index (χ2n) is 6.04. The molecule has 0 fully saturated rings. The van der Waals surface area contributed by atoms with Gasteiger partial charge in [0.2, 0.25) is 0 Å². The number of benzene rings is 1. The summed E-state index contributed by atoms with van der Waals surface area (Å²) in [6, 6.07) is 12.6. The molecule has 0 N–H and O–H groups in total. The second kappa shape index (κ2) is 7.65. The molecule has 9 heteroatoms. The first-order valence-electron chi connectivity index (χ1n) is 8.39. The number of ether oxygens (including phenoxy) is 1. The molecule has 7 nitrogen and oxygen atoms in total. The molecule has 3 aromatic heterocycles. The summed E-state index contributed by atoms with van der Waals surface area (Å²) in [4.78, 5) is 16.8. The zero-order valence-electron chi connectivity index (χ0n) is 15.2. The number of methoxy groups -OCH3 is 1. The van der Waals surface area contributed by atoms with Gasteiger partial charge in [0.15, 0.2) is 11.0 Å². The van der Waals surface area contributed by atoms with E-state index in [9.17, 15) is 4.79 Å². The van der Waals surface area contributed by atoms with E-state index in [-0.39, 0.29) is 5.56 Å². The van der Waals surface area contributed by atoms with Crippen LogP contribution >= 0.6 is 23.4 Å². The third kappa shape index (κ3) is 3.61. The van der Waals surface area contributed by atoms with Crippen LogP contribution in [0.4, 0.5) is 0 Å². The van der Waals surface area contributed by atoms with Crippen molar-refractivity contribution in [3.05, 3.63) is 69.7 Å². The van der Waals surface area contributed by atoms with Crippen molar-refractivity contribution in [2.45, 2.75) is 10.9 Å². The Balaban J connectivity index is 1.55. The van der Waals surface area contributed by atoms with Gasteiger partial charge in [-0.2, -0.15) is 0 Å². The molecular weight excluding hydrogens is 398 g/mol. The van der Waals surface area contributed by atoms with Gasteiger partial charge in [-0.3, -0.25) is 9.20 Å². The highest BCUT2D eigenvalue weighted by molar-refractivity contribution is 7.98. The van der Waals surface area contributed by atoms with Gasteiger partial charge in [0.1, 0.15) is 11.4 Å². The van der Waals surface area contributed by atoms with E-state index in [2.05, 4.69) is 15.2 Å². The first-order chi connectivity index (χ1) is 13.5. The Morgan fingerprint density at radius 1 is 1.14 bits per heavy atom. The van der Waals surface area contributed by atoms with Gasteiger partial charge in [0.05, 0.1) is 17.8 Å². The Labute approximate surface area is 170 Å². The van der Waals surface area contributed by atoms with E-state index in [0.717, 1.165) is 22.3 Å². The maximum absolute atomic E-state index is 12.3. The van der Waals surface area contributed by atoms with Crippen LogP contribution in [0.5, 0.6) is 5.75 Å². The molecule has 0 bridgehead atoms. The minimum absolute atomic E-state index is 0.167. The molecule has 0 spiro atoms. The van der Waals surface area contributed by atoms with Crippen molar-refractivity contribution in [3.8, 4) is 17.1 Å². The fourth-order valence-corrected chi connectivity index (χ4v) is 3.73. The zero-order chi connectivity index (χ0) is 19.7. The van der Waals surface area contributed by atoms with Crippen molar-refractivity contribution >= 4 is 29.0 Å². The Morgan fingerprint density at radius 2 is 1.93 bits per heavy atom. The van der Waals surface area contributed by atoms with Crippen LogP contribution in [-0.2, 0) is 12.8 Å². The summed E-state index contributed by atoms with van der Waals surface area (Å²) in [5.74, 6) is 2.05. The average Bonchev–Trinajstić information content (AvgIpc) is 3.07. The van der Waals surface area contributed by atoms with Crippen LogP contribution in [0.3, 0.4) is 0 Å². The van der Waals surface area contributed by atoms with Crippen LogP contribution < -0.4 is 10.3 Å². The van der Waals surface area contributed by atoms with Crippen molar-refractivity contribution in [3.63, 3.8) is 0 Å². The molecule has 0 atom stereocenters. The summed E-state index contributed by atoms with van der Waals surface area (Å²) >= 11 is 7.41. The van der Waals surface area contributed by atoms with Crippen molar-refractivity contribution in [2.75, 3.05) is 7.11 Å². The first kappa shape index (κ1) is 18.5. The molecular formula is C19H16ClN5O2S. The molecule has 0 saturated heterocycles. The van der Waals surface area contributed by atoms with E-state index in [4.69, 9.17) is 16.3 Å². The summed E-state index contributed by atoms with van der Waals surface area (Å²) in [6.07, 6.45) is 1.56. The number of nitrogens with zero attached hydrogens (tertiary/aromatic N) is 5. The maximum Gasteiger partial charge on any atom is 0.258 e. The highest BCUT2D eigenvalue weighted by Gasteiger charge is 2.12. The number of thioether (sulfide) groups is 1. The van der Waals surface area contributed by atoms with Gasteiger partial charge in [-0.1, -0.05) is 23.4 Å². The molecule has 3 heterocycles. The number of halogens is 1. The van der Waals surface area contributed by atoms with Crippen LogP contribution in [0.15, 0.2) is 58.6 Å². The third-order valence-corrected chi connectivity index (χ3v) is 5.49. The minimum Gasteiger partial charge on any atom is -0.497 e. The summed E-state index contributed by atoms with van der Waals surface area (Å²) in [7, 11) is 3.54. The van der Waals surface area contributed by atoms with Crippen LogP contribution in [0.25, 0.3) is 17.0 Å². The smallest absolute Gasteiger partial charge is 0.258 e. The topological polar surface area (TPSA) is 74.3 Å². The molecule has 0 amide bonds. The molecule has 0 unspecified atom stereocenters. The largest absolute Gasteiger partial charge is 0.497 e. The summed E-state index contributed by atoms with van der Waals surface area (Å²) < 4.78 is 8.53. The predicted molar refractivity (Wildman–Crippen MR) is 109 cm³/mol. The van der Waals surface area contributed by atoms with Gasteiger partial charge < -0.3 is 9.30 Å². The first-order valence-corrected chi connectivity index (χ1v) is 9.76. The summed E-state index contributed by atoms with van der Waals surface area (Å²) in [5.41, 5.74) is 2.01. The van der Waals surface area contributed by atoms with E-state index < -0.39 is 0 Å². The quantitative estimate of drug-likeness (QED) is 0.466. The summed E-state index contributed by atoms with van der Waals surface area (Å²) in [6.45, 7) is 0. The highest BCUT2D eigenvalue weighted by Crippen LogP contribution is 2.26. The van der Waals surface area contributed by atoms with E-state index in [1.54, 1.807) is 25.4 Å². The molecule has 28 heavy (non-hydrogen) atoms. The molecule has 0 radical (unpaired) electrons. The van der Waals surface area contributed by atoms with Gasteiger partial charge >= 0.3 is 0 Å². The van der Waals surface area contributed by atoms with Gasteiger partial charge in [-0.05, 0) is 36.4 Å². The van der Waals surface area contributed by atoms with Crippen LogP contribution in [-0.4, -0.2) is 31.3 Å². The SMILES string of the molecule is COc1ccc(-c2nnc(SCc3cc(=O)n4cc(Cl)ccc4n3)n2C)cc1. The van der Waals surface area contributed by atoms with Crippen LogP contribution in [0.2, 0.25) is 5.02 Å². The van der Waals surface area contributed by atoms with Gasteiger partial charge in [-0.15, -0.1) is 10.2 Å². The Kier molecular flexibility index (Phi) is 5.06. The van der Waals surface area contributed by atoms with Crippen molar-refractivity contribution < 1.29 is 4.74 Å². The lowest BCUT2D eigenvalue weighted by Gasteiger charge is -2.06.